The summed E-state index contributed by atoms with van der Waals surface area (Å²) in [4.78, 5) is 11.6. The van der Waals surface area contributed by atoms with Gasteiger partial charge in [0.25, 0.3) is 0 Å². The summed E-state index contributed by atoms with van der Waals surface area (Å²) in [6.07, 6.45) is 0.0664. The van der Waals surface area contributed by atoms with Crippen molar-refractivity contribution < 1.29 is 17.9 Å². The standard InChI is InChI=1S/C13H21N3O4S/c1-10-9-11(14)3-4-12(10)21(18,19)16-6-5-13(17)15-7-8-20-2/h3-4,9,16H,5-8,14H2,1-2H3,(H,15,17). The van der Waals surface area contributed by atoms with Crippen molar-refractivity contribution in [1.29, 1.82) is 0 Å². The minimum Gasteiger partial charge on any atom is -0.399 e. The summed E-state index contributed by atoms with van der Waals surface area (Å²) in [5.41, 5.74) is 6.66. The van der Waals surface area contributed by atoms with Gasteiger partial charge in [-0.25, -0.2) is 13.1 Å². The predicted octanol–water partition coefficient (Wildman–Crippen LogP) is 0.00822. The van der Waals surface area contributed by atoms with Crippen LogP contribution < -0.4 is 15.8 Å². The van der Waals surface area contributed by atoms with Crippen LogP contribution in [0.3, 0.4) is 0 Å². The molecule has 0 fully saturated rings. The molecule has 1 amide bonds. The van der Waals surface area contributed by atoms with E-state index in [0.29, 0.717) is 24.4 Å². The normalized spacial score (nSPS) is 11.3. The van der Waals surface area contributed by atoms with Crippen LogP contribution in [0.15, 0.2) is 23.1 Å². The molecule has 8 heteroatoms. The van der Waals surface area contributed by atoms with Crippen LogP contribution >= 0.6 is 0 Å². The Labute approximate surface area is 124 Å². The van der Waals surface area contributed by atoms with Crippen LogP contribution in [0.2, 0.25) is 0 Å². The number of hydrogen-bond donors (Lipinski definition) is 3. The van der Waals surface area contributed by atoms with Crippen LogP contribution in [0.25, 0.3) is 0 Å². The van der Waals surface area contributed by atoms with Gasteiger partial charge >= 0.3 is 0 Å². The van der Waals surface area contributed by atoms with Gasteiger partial charge in [-0.2, -0.15) is 0 Å². The predicted molar refractivity (Wildman–Crippen MR) is 80.3 cm³/mol. The fraction of sp³-hybridized carbons (Fsp3) is 0.462. The Morgan fingerprint density at radius 2 is 2.05 bits per heavy atom. The van der Waals surface area contributed by atoms with Crippen molar-refractivity contribution in [3.05, 3.63) is 23.8 Å². The molecule has 4 N–H and O–H groups in total. The molecule has 0 atom stereocenters. The molecule has 0 aliphatic carbocycles. The third-order valence-corrected chi connectivity index (χ3v) is 4.38. The number of nitrogen functional groups attached to an aromatic ring is 1. The van der Waals surface area contributed by atoms with Crippen LogP contribution in [-0.2, 0) is 19.6 Å². The molecule has 21 heavy (non-hydrogen) atoms. The Morgan fingerprint density at radius 1 is 1.33 bits per heavy atom. The van der Waals surface area contributed by atoms with Gasteiger partial charge in [0.1, 0.15) is 0 Å². The Morgan fingerprint density at radius 3 is 2.67 bits per heavy atom. The average molecular weight is 315 g/mol. The van der Waals surface area contributed by atoms with Crippen molar-refractivity contribution in [2.75, 3.05) is 32.5 Å². The minimum atomic E-state index is -3.64. The van der Waals surface area contributed by atoms with E-state index in [4.69, 9.17) is 10.5 Å². The lowest BCUT2D eigenvalue weighted by Gasteiger charge is -2.10. The van der Waals surface area contributed by atoms with Crippen molar-refractivity contribution >= 4 is 21.6 Å². The molecule has 0 aliphatic heterocycles. The summed E-state index contributed by atoms with van der Waals surface area (Å²) in [6, 6.07) is 4.57. The number of ether oxygens (including phenoxy) is 1. The summed E-state index contributed by atoms with van der Waals surface area (Å²) in [5.74, 6) is -0.233. The first-order valence-electron chi connectivity index (χ1n) is 6.48. The summed E-state index contributed by atoms with van der Waals surface area (Å²) >= 11 is 0. The highest BCUT2D eigenvalue weighted by atomic mass is 32.2. The quantitative estimate of drug-likeness (QED) is 0.462. The van der Waals surface area contributed by atoms with Crippen LogP contribution in [-0.4, -0.2) is 41.1 Å². The molecule has 0 aliphatic rings. The topological polar surface area (TPSA) is 111 Å². The number of rotatable bonds is 8. The first-order chi connectivity index (χ1) is 9.86. The van der Waals surface area contributed by atoms with E-state index >= 15 is 0 Å². The van der Waals surface area contributed by atoms with Crippen LogP contribution in [0.4, 0.5) is 5.69 Å². The number of carbonyl (C=O) groups is 1. The van der Waals surface area contributed by atoms with Crippen molar-refractivity contribution in [2.24, 2.45) is 0 Å². The molecule has 0 spiro atoms. The maximum absolute atomic E-state index is 12.1. The molecule has 1 aromatic rings. The van der Waals surface area contributed by atoms with Gasteiger partial charge in [0, 0.05) is 32.3 Å². The lowest BCUT2D eigenvalue weighted by atomic mass is 10.2. The monoisotopic (exact) mass is 315 g/mol. The van der Waals surface area contributed by atoms with Gasteiger partial charge in [0.15, 0.2) is 0 Å². The molecule has 7 nitrogen and oxygen atoms in total. The van der Waals surface area contributed by atoms with Gasteiger partial charge in [-0.1, -0.05) is 0 Å². The summed E-state index contributed by atoms with van der Waals surface area (Å²) in [7, 11) is -2.10. The highest BCUT2D eigenvalue weighted by Gasteiger charge is 2.16. The third kappa shape index (κ3) is 5.70. The minimum absolute atomic E-state index is 0.0327. The van der Waals surface area contributed by atoms with E-state index in [9.17, 15) is 13.2 Å². The Hall–Kier alpha value is -1.64. The van der Waals surface area contributed by atoms with Crippen LogP contribution in [0, 0.1) is 6.92 Å². The largest absolute Gasteiger partial charge is 0.399 e. The fourth-order valence-corrected chi connectivity index (χ4v) is 2.99. The number of benzene rings is 1. The van der Waals surface area contributed by atoms with E-state index in [0.717, 1.165) is 0 Å². The number of nitrogens with two attached hydrogens (primary N) is 1. The summed E-state index contributed by atoms with van der Waals surface area (Å²) in [6.45, 7) is 2.52. The number of nitrogens with one attached hydrogen (secondary N) is 2. The van der Waals surface area contributed by atoms with Gasteiger partial charge < -0.3 is 15.8 Å². The number of carbonyl (C=O) groups excluding carboxylic acids is 1. The highest BCUT2D eigenvalue weighted by molar-refractivity contribution is 7.89. The number of sulfonamides is 1. The second-order valence-electron chi connectivity index (χ2n) is 4.52. The zero-order chi connectivity index (χ0) is 15.9. The molecule has 0 saturated carbocycles. The smallest absolute Gasteiger partial charge is 0.240 e. The number of amides is 1. The Bertz CT molecular complexity index is 587. The van der Waals surface area contributed by atoms with E-state index in [1.807, 2.05) is 0 Å². The Balaban J connectivity index is 2.52. The van der Waals surface area contributed by atoms with E-state index in [1.54, 1.807) is 13.0 Å². The van der Waals surface area contributed by atoms with E-state index in [2.05, 4.69) is 10.0 Å². The van der Waals surface area contributed by atoms with Gasteiger partial charge in [0.2, 0.25) is 15.9 Å². The van der Waals surface area contributed by atoms with Gasteiger partial charge in [0.05, 0.1) is 11.5 Å². The SMILES string of the molecule is COCCNC(=O)CCNS(=O)(=O)c1ccc(N)cc1C. The molecule has 0 bridgehead atoms. The molecule has 0 saturated heterocycles. The van der Waals surface area contributed by atoms with Crippen LogP contribution in [0.5, 0.6) is 0 Å². The summed E-state index contributed by atoms with van der Waals surface area (Å²) < 4.78 is 31.4. The first kappa shape index (κ1) is 17.4. The lowest BCUT2D eigenvalue weighted by molar-refractivity contribution is -0.121. The van der Waals surface area contributed by atoms with Gasteiger partial charge in [-0.05, 0) is 30.7 Å². The molecule has 118 valence electrons. The first-order valence-corrected chi connectivity index (χ1v) is 7.96. The summed E-state index contributed by atoms with van der Waals surface area (Å²) in [5, 5.41) is 2.61. The van der Waals surface area contributed by atoms with Gasteiger partial charge in [-0.15, -0.1) is 0 Å². The number of anilines is 1. The highest BCUT2D eigenvalue weighted by Crippen LogP contribution is 2.17. The van der Waals surface area contributed by atoms with Crippen molar-refractivity contribution in [3.63, 3.8) is 0 Å². The van der Waals surface area contributed by atoms with Crippen molar-refractivity contribution in [2.45, 2.75) is 18.2 Å². The van der Waals surface area contributed by atoms with Crippen LogP contribution in [0.1, 0.15) is 12.0 Å². The molecule has 1 rings (SSSR count). The zero-order valence-corrected chi connectivity index (χ0v) is 13.0. The van der Waals surface area contributed by atoms with E-state index in [1.165, 1.54) is 19.2 Å². The number of aryl methyl sites for hydroxylation is 1. The maximum Gasteiger partial charge on any atom is 0.240 e. The molecule has 0 heterocycles. The molecule has 0 aromatic heterocycles. The molecule has 0 radical (unpaired) electrons. The maximum atomic E-state index is 12.1. The van der Waals surface area contributed by atoms with Crippen molar-refractivity contribution in [3.8, 4) is 0 Å². The van der Waals surface area contributed by atoms with Crippen molar-refractivity contribution in [1.82, 2.24) is 10.0 Å². The number of methoxy groups -OCH3 is 1. The molecular formula is C13H21N3O4S. The molecular weight excluding hydrogens is 294 g/mol. The van der Waals surface area contributed by atoms with Gasteiger partial charge in [-0.3, -0.25) is 4.79 Å². The molecule has 1 aromatic carbocycles. The van der Waals surface area contributed by atoms with E-state index < -0.39 is 10.0 Å². The zero-order valence-electron chi connectivity index (χ0n) is 12.2. The third-order valence-electron chi connectivity index (χ3n) is 2.76. The average Bonchev–Trinajstić information content (AvgIpc) is 2.38. The molecule has 0 unspecified atom stereocenters. The number of hydrogen-bond acceptors (Lipinski definition) is 5. The second-order valence-corrected chi connectivity index (χ2v) is 6.25. The Kier molecular flexibility index (Phi) is 6.60. The lowest BCUT2D eigenvalue weighted by Crippen LogP contribution is -2.32. The fourth-order valence-electron chi connectivity index (χ4n) is 1.73. The second kappa shape index (κ2) is 7.96. The van der Waals surface area contributed by atoms with E-state index in [-0.39, 0.29) is 23.8 Å².